The predicted octanol–water partition coefficient (Wildman–Crippen LogP) is 7.14. The fourth-order valence-electron chi connectivity index (χ4n) is 3.67. The lowest BCUT2D eigenvalue weighted by molar-refractivity contribution is -0.155. The molecule has 1 amide bonds. The largest absolute Gasteiger partial charge is 0.462 e. The number of carbonyl (C=O) groups is 2. The zero-order valence-corrected chi connectivity index (χ0v) is 20.6. The molecule has 34 heavy (non-hydrogen) atoms. The van der Waals surface area contributed by atoms with Gasteiger partial charge in [0.2, 0.25) is 0 Å². The smallest absolute Gasteiger partial charge is 0.412 e. The minimum absolute atomic E-state index is 0.00156. The monoisotopic (exact) mass is 534 g/mol. The molecule has 1 heterocycles. The van der Waals surface area contributed by atoms with E-state index in [2.05, 4.69) is 0 Å². The molecule has 0 aliphatic carbocycles. The molecule has 0 radical (unpaired) electrons. The maximum Gasteiger partial charge on any atom is 0.412 e. The third-order valence-corrected chi connectivity index (χ3v) is 6.43. The molecule has 182 valence electrons. The Kier molecular flexibility index (Phi) is 7.75. The molecule has 0 aliphatic heterocycles. The molecule has 0 spiro atoms. The van der Waals surface area contributed by atoms with Crippen molar-refractivity contribution < 1.29 is 27.5 Å². The number of alkyl halides is 3. The molecular weight excluding hydrogens is 516 g/mol. The van der Waals surface area contributed by atoms with Crippen molar-refractivity contribution in [2.45, 2.75) is 39.5 Å². The second-order valence-electron chi connectivity index (χ2n) is 7.47. The van der Waals surface area contributed by atoms with E-state index in [1.54, 1.807) is 37.5 Å². The van der Waals surface area contributed by atoms with Crippen molar-refractivity contribution in [3.63, 3.8) is 0 Å². The van der Waals surface area contributed by atoms with Crippen LogP contribution >= 0.6 is 34.8 Å². The number of esters is 1. The van der Waals surface area contributed by atoms with Crippen LogP contribution in [-0.2, 0) is 11.3 Å². The van der Waals surface area contributed by atoms with Gasteiger partial charge < -0.3 is 14.6 Å². The highest BCUT2D eigenvalue weighted by molar-refractivity contribution is 6.48. The number of rotatable bonds is 6. The van der Waals surface area contributed by atoms with Gasteiger partial charge in [-0.25, -0.2) is 4.79 Å². The van der Waals surface area contributed by atoms with Crippen LogP contribution in [-0.4, -0.2) is 29.2 Å². The molecule has 0 bridgehead atoms. The molecular formula is C23H20Cl3F3N2O3. The number of aromatic nitrogens is 1. The van der Waals surface area contributed by atoms with Gasteiger partial charge in [0, 0.05) is 17.4 Å². The van der Waals surface area contributed by atoms with Crippen molar-refractivity contribution >= 4 is 57.6 Å². The van der Waals surface area contributed by atoms with Crippen molar-refractivity contribution in [2.24, 2.45) is 0 Å². The van der Waals surface area contributed by atoms with Crippen molar-refractivity contribution in [1.82, 2.24) is 9.88 Å². The number of carbonyl (C=O) groups excluding carboxylic acids is 2. The molecule has 3 rings (SSSR count). The van der Waals surface area contributed by atoms with Gasteiger partial charge in [0.25, 0.3) is 5.91 Å². The Balaban J connectivity index is 2.06. The summed E-state index contributed by atoms with van der Waals surface area (Å²) in [6.45, 7) is 5.65. The van der Waals surface area contributed by atoms with E-state index in [4.69, 9.17) is 39.5 Å². The minimum Gasteiger partial charge on any atom is -0.462 e. The quantitative estimate of drug-likeness (QED) is 0.270. The molecule has 3 aromatic rings. The first-order valence-electron chi connectivity index (χ1n) is 10.2. The Morgan fingerprint density at radius 2 is 1.68 bits per heavy atom. The average Bonchev–Trinajstić information content (AvgIpc) is 3.11. The molecule has 1 atom stereocenters. The summed E-state index contributed by atoms with van der Waals surface area (Å²) < 4.78 is 48.3. The zero-order valence-electron chi connectivity index (χ0n) is 18.3. The normalized spacial score (nSPS) is 12.6. The van der Waals surface area contributed by atoms with Crippen LogP contribution in [0.15, 0.2) is 30.3 Å². The fourth-order valence-corrected chi connectivity index (χ4v) is 4.29. The summed E-state index contributed by atoms with van der Waals surface area (Å²) in [5.74, 6) is -1.48. The van der Waals surface area contributed by atoms with Gasteiger partial charge >= 0.3 is 12.1 Å². The molecule has 1 N–H and O–H groups in total. The van der Waals surface area contributed by atoms with E-state index in [9.17, 15) is 22.8 Å². The Labute approximate surface area is 208 Å². The Bertz CT molecular complexity index is 1250. The standard InChI is InChI=1S/C23H20Cl3F3N2O3/c1-4-31-17-6-11(3)14(22(33)34-5-2)7-12(17)10-18(31)21(32)30-20(23(27,28)29)13-8-15(24)19(26)16(25)9-13/h6-10,20H,4-5H2,1-3H3,(H,30,32). The van der Waals surface area contributed by atoms with E-state index < -0.39 is 24.1 Å². The van der Waals surface area contributed by atoms with Gasteiger partial charge in [0.1, 0.15) is 5.69 Å². The molecule has 11 heteroatoms. The number of amides is 1. The summed E-state index contributed by atoms with van der Waals surface area (Å²) in [4.78, 5) is 25.3. The van der Waals surface area contributed by atoms with Crippen molar-refractivity contribution in [1.29, 1.82) is 0 Å². The van der Waals surface area contributed by atoms with Gasteiger partial charge in [-0.2, -0.15) is 13.2 Å². The maximum absolute atomic E-state index is 13.9. The van der Waals surface area contributed by atoms with Gasteiger partial charge in [-0.3, -0.25) is 4.79 Å². The summed E-state index contributed by atoms with van der Waals surface area (Å²) in [5, 5.41) is 2.13. The highest BCUT2D eigenvalue weighted by atomic mass is 35.5. The summed E-state index contributed by atoms with van der Waals surface area (Å²) in [6.07, 6.45) is -4.84. The van der Waals surface area contributed by atoms with Crippen LogP contribution < -0.4 is 5.32 Å². The summed E-state index contributed by atoms with van der Waals surface area (Å²) in [7, 11) is 0. The SMILES string of the molecule is CCOC(=O)c1cc2cc(C(=O)NC(c3cc(Cl)c(Cl)c(Cl)c3)C(F)(F)F)n(CC)c2cc1C. The lowest BCUT2D eigenvalue weighted by atomic mass is 10.1. The molecule has 0 saturated heterocycles. The lowest BCUT2D eigenvalue weighted by Crippen LogP contribution is -2.38. The third kappa shape index (κ3) is 5.14. The molecule has 1 unspecified atom stereocenters. The number of benzene rings is 2. The van der Waals surface area contributed by atoms with Gasteiger partial charge in [0.05, 0.1) is 27.2 Å². The Morgan fingerprint density at radius 3 is 2.21 bits per heavy atom. The van der Waals surface area contributed by atoms with Crippen LogP contribution in [0, 0.1) is 6.92 Å². The number of halogens is 6. The topological polar surface area (TPSA) is 60.3 Å². The molecule has 2 aromatic carbocycles. The number of nitrogens with one attached hydrogen (secondary N) is 1. The number of aryl methyl sites for hydroxylation is 2. The van der Waals surface area contributed by atoms with Crippen LogP contribution in [0.4, 0.5) is 13.2 Å². The van der Waals surface area contributed by atoms with Crippen LogP contribution in [0.5, 0.6) is 0 Å². The van der Waals surface area contributed by atoms with Crippen molar-refractivity contribution in [3.8, 4) is 0 Å². The van der Waals surface area contributed by atoms with Gasteiger partial charge in [0.15, 0.2) is 6.04 Å². The van der Waals surface area contributed by atoms with E-state index >= 15 is 0 Å². The summed E-state index contributed by atoms with van der Waals surface area (Å²) in [6, 6.07) is 4.34. The first kappa shape index (κ1) is 26.2. The molecule has 0 saturated carbocycles. The second-order valence-corrected chi connectivity index (χ2v) is 8.66. The number of hydrogen-bond acceptors (Lipinski definition) is 3. The van der Waals surface area contributed by atoms with Crippen molar-refractivity contribution in [2.75, 3.05) is 6.61 Å². The van der Waals surface area contributed by atoms with E-state index in [0.29, 0.717) is 28.6 Å². The average molecular weight is 536 g/mol. The number of hydrogen-bond donors (Lipinski definition) is 1. The second kappa shape index (κ2) is 10.1. The van der Waals surface area contributed by atoms with Crippen LogP contribution in [0.25, 0.3) is 10.9 Å². The number of nitrogens with zero attached hydrogens (tertiary/aromatic N) is 1. The van der Waals surface area contributed by atoms with E-state index in [1.165, 1.54) is 6.07 Å². The first-order chi connectivity index (χ1) is 15.9. The Morgan fingerprint density at radius 1 is 1.06 bits per heavy atom. The van der Waals surface area contributed by atoms with E-state index in [1.807, 2.05) is 5.32 Å². The predicted molar refractivity (Wildman–Crippen MR) is 126 cm³/mol. The van der Waals surface area contributed by atoms with Crippen LogP contribution in [0.2, 0.25) is 15.1 Å². The van der Waals surface area contributed by atoms with Gasteiger partial charge in [-0.15, -0.1) is 0 Å². The highest BCUT2D eigenvalue weighted by Crippen LogP contribution is 2.39. The van der Waals surface area contributed by atoms with Crippen molar-refractivity contribution in [3.05, 3.63) is 67.8 Å². The number of ether oxygens (including phenoxy) is 1. The molecule has 0 fully saturated rings. The zero-order chi connectivity index (χ0) is 25.4. The van der Waals surface area contributed by atoms with E-state index in [0.717, 1.165) is 12.1 Å². The molecule has 5 nitrogen and oxygen atoms in total. The summed E-state index contributed by atoms with van der Waals surface area (Å²) >= 11 is 17.7. The lowest BCUT2D eigenvalue weighted by Gasteiger charge is -2.23. The molecule has 1 aromatic heterocycles. The fraction of sp³-hybridized carbons (Fsp3) is 0.304. The summed E-state index contributed by atoms with van der Waals surface area (Å²) in [5.41, 5.74) is 1.16. The minimum atomic E-state index is -4.84. The number of fused-ring (bicyclic) bond motifs is 1. The highest BCUT2D eigenvalue weighted by Gasteiger charge is 2.43. The van der Waals surface area contributed by atoms with Crippen LogP contribution in [0.1, 0.15) is 51.9 Å². The first-order valence-corrected chi connectivity index (χ1v) is 11.3. The Hall–Kier alpha value is -2.42. The van der Waals surface area contributed by atoms with Gasteiger partial charge in [-0.05, 0) is 62.2 Å². The van der Waals surface area contributed by atoms with E-state index in [-0.39, 0.29) is 32.9 Å². The van der Waals surface area contributed by atoms with Crippen LogP contribution in [0.3, 0.4) is 0 Å². The maximum atomic E-state index is 13.9. The third-order valence-electron chi connectivity index (χ3n) is 5.23. The molecule has 0 aliphatic rings. The van der Waals surface area contributed by atoms with Gasteiger partial charge in [-0.1, -0.05) is 34.8 Å².